The Kier molecular flexibility index (Phi) is 6.31. The third kappa shape index (κ3) is 5.70. The molecule has 0 unspecified atom stereocenters. The van der Waals surface area contributed by atoms with Crippen LogP contribution in [0.3, 0.4) is 0 Å². The Balaban J connectivity index is 2.24. The van der Waals surface area contributed by atoms with Crippen LogP contribution in [-0.4, -0.2) is 24.7 Å². The lowest BCUT2D eigenvalue weighted by Crippen LogP contribution is -2.25. The lowest BCUT2D eigenvalue weighted by molar-refractivity contribution is 0.189. The number of hydrogen-bond acceptors (Lipinski definition) is 3. The molecule has 124 valence electrons. The number of hydrogen-bond donors (Lipinski definition) is 1. The lowest BCUT2D eigenvalue weighted by atomic mass is 10.2. The first-order chi connectivity index (χ1) is 10.9. The van der Waals surface area contributed by atoms with Crippen LogP contribution in [0.4, 0.5) is 0 Å². The van der Waals surface area contributed by atoms with Gasteiger partial charge < -0.3 is 0 Å². The van der Waals surface area contributed by atoms with Gasteiger partial charge >= 0.3 is 10.4 Å². The van der Waals surface area contributed by atoms with Crippen LogP contribution >= 0.6 is 7.92 Å². The highest BCUT2D eigenvalue weighted by Gasteiger charge is 2.24. The van der Waals surface area contributed by atoms with Crippen molar-refractivity contribution in [3.05, 3.63) is 60.7 Å². The molecule has 2 atom stereocenters. The van der Waals surface area contributed by atoms with Crippen LogP contribution in [0.15, 0.2) is 60.7 Å². The summed E-state index contributed by atoms with van der Waals surface area (Å²) in [5.74, 6) is 0. The summed E-state index contributed by atoms with van der Waals surface area (Å²) in [6.07, 6.45) is -0.0348. The summed E-state index contributed by atoms with van der Waals surface area (Å²) >= 11 is 0. The Morgan fingerprint density at radius 3 is 1.78 bits per heavy atom. The SMILES string of the molecule is C[C@H](C[C@H](C)P(c1ccccc1)c1ccccc1)OS(=O)(=O)O. The van der Waals surface area contributed by atoms with Gasteiger partial charge in [-0.05, 0) is 37.5 Å². The zero-order chi connectivity index (χ0) is 16.9. The molecule has 2 rings (SSSR count). The summed E-state index contributed by atoms with van der Waals surface area (Å²) in [6.45, 7) is 3.75. The third-order valence-electron chi connectivity index (χ3n) is 3.47. The molecule has 4 nitrogen and oxygen atoms in total. The van der Waals surface area contributed by atoms with E-state index >= 15 is 0 Å². The topological polar surface area (TPSA) is 63.6 Å². The van der Waals surface area contributed by atoms with E-state index < -0.39 is 24.4 Å². The maximum absolute atomic E-state index is 10.9. The fourth-order valence-electron chi connectivity index (χ4n) is 2.67. The fourth-order valence-corrected chi connectivity index (χ4v) is 5.97. The van der Waals surface area contributed by atoms with Gasteiger partial charge in [-0.25, -0.2) is 4.18 Å². The van der Waals surface area contributed by atoms with Gasteiger partial charge in [-0.2, -0.15) is 8.42 Å². The Hall–Kier alpha value is -1.26. The van der Waals surface area contributed by atoms with E-state index in [0.717, 1.165) is 0 Å². The maximum Gasteiger partial charge on any atom is 0.397 e. The van der Waals surface area contributed by atoms with Crippen LogP contribution in [0.2, 0.25) is 0 Å². The van der Waals surface area contributed by atoms with Gasteiger partial charge in [-0.15, -0.1) is 0 Å². The summed E-state index contributed by atoms with van der Waals surface area (Å²) in [7, 11) is -5.06. The fraction of sp³-hybridized carbons (Fsp3) is 0.294. The van der Waals surface area contributed by atoms with Gasteiger partial charge in [-0.1, -0.05) is 67.6 Å². The molecule has 0 aromatic heterocycles. The Morgan fingerprint density at radius 2 is 1.39 bits per heavy atom. The zero-order valence-corrected chi connectivity index (χ0v) is 14.9. The molecule has 0 aliphatic rings. The van der Waals surface area contributed by atoms with Crippen LogP contribution < -0.4 is 10.6 Å². The Labute approximate surface area is 139 Å². The monoisotopic (exact) mass is 352 g/mol. The minimum Gasteiger partial charge on any atom is -0.264 e. The molecule has 0 radical (unpaired) electrons. The van der Waals surface area contributed by atoms with Crippen molar-refractivity contribution in [2.75, 3.05) is 0 Å². The van der Waals surface area contributed by atoms with Gasteiger partial charge in [0.25, 0.3) is 0 Å². The molecule has 0 fully saturated rings. The number of rotatable bonds is 7. The molecule has 1 N–H and O–H groups in total. The van der Waals surface area contributed by atoms with Crippen molar-refractivity contribution < 1.29 is 17.2 Å². The molecule has 0 aliphatic heterocycles. The minimum absolute atomic E-state index is 0.201. The van der Waals surface area contributed by atoms with Gasteiger partial charge in [0, 0.05) is 0 Å². The predicted octanol–water partition coefficient (Wildman–Crippen LogP) is 3.11. The van der Waals surface area contributed by atoms with E-state index in [1.807, 2.05) is 36.4 Å². The molecule has 0 saturated heterocycles. The van der Waals surface area contributed by atoms with Gasteiger partial charge in [0.1, 0.15) is 0 Å². The van der Waals surface area contributed by atoms with Crippen LogP contribution in [0.5, 0.6) is 0 Å². The highest BCUT2D eigenvalue weighted by atomic mass is 32.3. The largest absolute Gasteiger partial charge is 0.397 e. The molecule has 23 heavy (non-hydrogen) atoms. The quantitative estimate of drug-likeness (QED) is 0.614. The first-order valence-electron chi connectivity index (χ1n) is 7.42. The summed E-state index contributed by atoms with van der Waals surface area (Å²) < 4.78 is 35.2. The molecular formula is C17H21O4PS. The average Bonchev–Trinajstić information content (AvgIpc) is 2.47. The highest BCUT2D eigenvalue weighted by Crippen LogP contribution is 2.41. The van der Waals surface area contributed by atoms with Crippen LogP contribution in [0.1, 0.15) is 20.3 Å². The van der Waals surface area contributed by atoms with Crippen molar-refractivity contribution >= 4 is 28.9 Å². The van der Waals surface area contributed by atoms with Crippen molar-refractivity contribution in [1.29, 1.82) is 0 Å². The molecule has 0 saturated carbocycles. The molecule has 0 amide bonds. The van der Waals surface area contributed by atoms with E-state index in [4.69, 9.17) is 4.55 Å². The summed E-state index contributed by atoms with van der Waals surface area (Å²) in [5.41, 5.74) is 0.201. The normalized spacial score (nSPS) is 14.6. The minimum atomic E-state index is -4.42. The van der Waals surface area contributed by atoms with Crippen LogP contribution in [0.25, 0.3) is 0 Å². The summed E-state index contributed by atoms with van der Waals surface area (Å²) in [4.78, 5) is 0. The first kappa shape index (κ1) is 18.1. The lowest BCUT2D eigenvalue weighted by Gasteiger charge is -2.27. The Morgan fingerprint density at radius 1 is 0.957 bits per heavy atom. The van der Waals surface area contributed by atoms with E-state index in [0.29, 0.717) is 6.42 Å². The molecule has 2 aromatic carbocycles. The second kappa shape index (κ2) is 8.02. The predicted molar refractivity (Wildman–Crippen MR) is 95.2 cm³/mol. The van der Waals surface area contributed by atoms with Crippen LogP contribution in [0, 0.1) is 0 Å². The summed E-state index contributed by atoms with van der Waals surface area (Å²) in [6, 6.07) is 20.4. The van der Waals surface area contributed by atoms with E-state index in [1.54, 1.807) is 6.92 Å². The average molecular weight is 352 g/mol. The molecule has 0 spiro atoms. The number of benzene rings is 2. The molecule has 0 aliphatic carbocycles. The molecule has 2 aromatic rings. The smallest absolute Gasteiger partial charge is 0.264 e. The van der Waals surface area contributed by atoms with Crippen molar-refractivity contribution in [2.45, 2.75) is 32.0 Å². The van der Waals surface area contributed by atoms with E-state index in [-0.39, 0.29) is 5.66 Å². The Bertz CT molecular complexity index is 664. The van der Waals surface area contributed by atoms with E-state index in [2.05, 4.69) is 35.4 Å². The molecule has 0 heterocycles. The van der Waals surface area contributed by atoms with Crippen LogP contribution in [-0.2, 0) is 14.6 Å². The van der Waals surface area contributed by atoms with Gasteiger partial charge in [-0.3, -0.25) is 4.55 Å². The second-order valence-corrected chi connectivity index (χ2v) is 9.16. The first-order valence-corrected chi connectivity index (χ1v) is 10.2. The standard InChI is InChI=1S/C17H21O4PS/c1-14(21-23(18,19)20)13-15(2)22(16-9-5-3-6-10-16)17-11-7-4-8-12-17/h3-12,14-15H,13H2,1-2H3,(H,18,19,20)/t14-,15+/m1/s1. The molecule has 0 bridgehead atoms. The molecular weight excluding hydrogens is 331 g/mol. The zero-order valence-electron chi connectivity index (χ0n) is 13.2. The summed E-state index contributed by atoms with van der Waals surface area (Å²) in [5, 5.41) is 2.47. The molecule has 6 heteroatoms. The van der Waals surface area contributed by atoms with Crippen molar-refractivity contribution in [1.82, 2.24) is 0 Å². The third-order valence-corrected chi connectivity index (χ3v) is 6.84. The van der Waals surface area contributed by atoms with Crippen molar-refractivity contribution in [2.24, 2.45) is 0 Å². The van der Waals surface area contributed by atoms with E-state index in [1.165, 1.54) is 10.6 Å². The van der Waals surface area contributed by atoms with Crippen molar-refractivity contribution in [3.63, 3.8) is 0 Å². The highest BCUT2D eigenvalue weighted by molar-refractivity contribution is 7.80. The van der Waals surface area contributed by atoms with Crippen molar-refractivity contribution in [3.8, 4) is 0 Å². The van der Waals surface area contributed by atoms with Gasteiger partial charge in [0.15, 0.2) is 0 Å². The van der Waals surface area contributed by atoms with E-state index in [9.17, 15) is 8.42 Å². The van der Waals surface area contributed by atoms with Gasteiger partial charge in [0.05, 0.1) is 6.10 Å². The second-order valence-electron chi connectivity index (χ2n) is 5.46. The van der Waals surface area contributed by atoms with Gasteiger partial charge in [0.2, 0.25) is 0 Å². The maximum atomic E-state index is 10.9.